The lowest BCUT2D eigenvalue weighted by atomic mass is 10.1. The number of rotatable bonds is 6. The molecule has 0 saturated heterocycles. The summed E-state index contributed by atoms with van der Waals surface area (Å²) in [7, 11) is 0. The zero-order valence-corrected chi connectivity index (χ0v) is 11.3. The fourth-order valence-electron chi connectivity index (χ4n) is 1.74. The van der Waals surface area contributed by atoms with E-state index in [1.165, 1.54) is 24.5 Å². The van der Waals surface area contributed by atoms with Gasteiger partial charge in [0.05, 0.1) is 25.8 Å². The maximum atomic E-state index is 13.0. The molecule has 21 heavy (non-hydrogen) atoms. The fraction of sp³-hybridized carbons (Fsp3) is 0.200. The summed E-state index contributed by atoms with van der Waals surface area (Å²) in [5, 5.41) is 5.08. The van der Waals surface area contributed by atoms with Gasteiger partial charge >= 0.3 is 0 Å². The number of hydrogen-bond acceptors (Lipinski definition) is 3. The molecule has 0 aliphatic heterocycles. The van der Waals surface area contributed by atoms with E-state index in [0.717, 1.165) is 0 Å². The molecule has 2 rings (SSSR count). The van der Waals surface area contributed by atoms with Gasteiger partial charge in [0.15, 0.2) is 0 Å². The minimum Gasteiger partial charge on any atom is -0.467 e. The summed E-state index contributed by atoms with van der Waals surface area (Å²) in [5.74, 6) is -0.418. The van der Waals surface area contributed by atoms with Crippen LogP contribution < -0.4 is 10.6 Å². The van der Waals surface area contributed by atoms with Gasteiger partial charge in [0.25, 0.3) is 0 Å². The van der Waals surface area contributed by atoms with Crippen LogP contribution in [0.1, 0.15) is 11.3 Å². The van der Waals surface area contributed by atoms with E-state index in [4.69, 9.17) is 4.42 Å². The van der Waals surface area contributed by atoms with Crippen molar-refractivity contribution >= 4 is 11.8 Å². The van der Waals surface area contributed by atoms with E-state index in [2.05, 4.69) is 10.6 Å². The van der Waals surface area contributed by atoms with Gasteiger partial charge in [0.2, 0.25) is 11.8 Å². The molecule has 0 saturated carbocycles. The van der Waals surface area contributed by atoms with E-state index in [1.54, 1.807) is 18.2 Å². The molecule has 2 aromatic rings. The number of carbonyl (C=O) groups excluding carboxylic acids is 2. The lowest BCUT2D eigenvalue weighted by molar-refractivity contribution is -0.125. The van der Waals surface area contributed by atoms with Crippen LogP contribution in [-0.2, 0) is 22.6 Å². The van der Waals surface area contributed by atoms with Gasteiger partial charge in [0.1, 0.15) is 11.6 Å². The average molecular weight is 290 g/mol. The van der Waals surface area contributed by atoms with Gasteiger partial charge in [-0.3, -0.25) is 9.59 Å². The number of furan rings is 1. The first-order valence-corrected chi connectivity index (χ1v) is 6.44. The number of hydrogen-bond donors (Lipinski definition) is 2. The molecule has 1 aromatic carbocycles. The summed E-state index contributed by atoms with van der Waals surface area (Å²) in [5.41, 5.74) is 0.559. The van der Waals surface area contributed by atoms with Gasteiger partial charge in [0, 0.05) is 0 Å². The fourth-order valence-corrected chi connectivity index (χ4v) is 1.74. The smallest absolute Gasteiger partial charge is 0.239 e. The van der Waals surface area contributed by atoms with Gasteiger partial charge in [-0.25, -0.2) is 4.39 Å². The van der Waals surface area contributed by atoms with Crippen LogP contribution in [0.2, 0.25) is 0 Å². The van der Waals surface area contributed by atoms with Crippen LogP contribution in [0.15, 0.2) is 47.1 Å². The first-order chi connectivity index (χ1) is 10.1. The summed E-state index contributed by atoms with van der Waals surface area (Å²) in [6, 6.07) is 9.25. The summed E-state index contributed by atoms with van der Waals surface area (Å²) >= 11 is 0. The molecule has 0 radical (unpaired) electrons. The third-order valence-electron chi connectivity index (χ3n) is 2.74. The molecule has 0 aliphatic rings. The lowest BCUT2D eigenvalue weighted by Gasteiger charge is -2.06. The first-order valence-electron chi connectivity index (χ1n) is 6.44. The zero-order valence-electron chi connectivity index (χ0n) is 11.3. The molecule has 5 nitrogen and oxygen atoms in total. The zero-order chi connectivity index (χ0) is 15.1. The molecule has 0 bridgehead atoms. The number of carbonyl (C=O) groups is 2. The maximum absolute atomic E-state index is 13.0. The molecule has 1 heterocycles. The second kappa shape index (κ2) is 7.23. The Labute approximate surface area is 121 Å². The van der Waals surface area contributed by atoms with Crippen molar-refractivity contribution in [3.63, 3.8) is 0 Å². The van der Waals surface area contributed by atoms with Crippen molar-refractivity contribution in [2.75, 3.05) is 6.54 Å². The van der Waals surface area contributed by atoms with Gasteiger partial charge < -0.3 is 15.1 Å². The summed E-state index contributed by atoms with van der Waals surface area (Å²) < 4.78 is 18.0. The quantitative estimate of drug-likeness (QED) is 0.844. The van der Waals surface area contributed by atoms with Crippen LogP contribution in [0.4, 0.5) is 4.39 Å². The molecule has 0 unspecified atom stereocenters. The summed E-state index contributed by atoms with van der Waals surface area (Å²) in [6.07, 6.45) is 1.55. The molecule has 2 amide bonds. The topological polar surface area (TPSA) is 71.3 Å². The molecule has 2 N–H and O–H groups in total. The van der Waals surface area contributed by atoms with E-state index >= 15 is 0 Å². The van der Waals surface area contributed by atoms with Crippen LogP contribution in [0.25, 0.3) is 0 Å². The SMILES string of the molecule is O=C(CNC(=O)Cc1cccc(F)c1)NCc1ccco1. The van der Waals surface area contributed by atoms with Crippen molar-refractivity contribution in [1.29, 1.82) is 0 Å². The van der Waals surface area contributed by atoms with Crippen LogP contribution in [0.3, 0.4) is 0 Å². The Hall–Kier alpha value is -2.63. The van der Waals surface area contributed by atoms with Crippen LogP contribution in [-0.4, -0.2) is 18.4 Å². The van der Waals surface area contributed by atoms with E-state index in [-0.39, 0.29) is 31.3 Å². The highest BCUT2D eigenvalue weighted by Crippen LogP contribution is 2.04. The van der Waals surface area contributed by atoms with Gasteiger partial charge in [-0.05, 0) is 29.8 Å². The third-order valence-corrected chi connectivity index (χ3v) is 2.74. The monoisotopic (exact) mass is 290 g/mol. The Balaban J connectivity index is 1.69. The van der Waals surface area contributed by atoms with Crippen molar-refractivity contribution < 1.29 is 18.4 Å². The van der Waals surface area contributed by atoms with Gasteiger partial charge in [-0.15, -0.1) is 0 Å². The lowest BCUT2D eigenvalue weighted by Crippen LogP contribution is -2.37. The Kier molecular flexibility index (Phi) is 5.09. The Morgan fingerprint density at radius 1 is 1.10 bits per heavy atom. The highest BCUT2D eigenvalue weighted by Gasteiger charge is 2.07. The molecule has 1 aromatic heterocycles. The predicted octanol–water partition coefficient (Wildman–Crippen LogP) is 1.39. The Bertz CT molecular complexity index is 611. The van der Waals surface area contributed by atoms with Gasteiger partial charge in [-0.2, -0.15) is 0 Å². The second-order valence-corrected chi connectivity index (χ2v) is 4.44. The van der Waals surface area contributed by atoms with Crippen LogP contribution in [0.5, 0.6) is 0 Å². The molecule has 0 aliphatic carbocycles. The molecule has 0 spiro atoms. The van der Waals surface area contributed by atoms with E-state index < -0.39 is 5.82 Å². The molecular weight excluding hydrogens is 275 g/mol. The normalized spacial score (nSPS) is 10.1. The third kappa shape index (κ3) is 5.10. The highest BCUT2D eigenvalue weighted by atomic mass is 19.1. The second-order valence-electron chi connectivity index (χ2n) is 4.44. The molecule has 0 fully saturated rings. The van der Waals surface area contributed by atoms with Crippen molar-refractivity contribution in [3.8, 4) is 0 Å². The number of amides is 2. The van der Waals surface area contributed by atoms with Crippen LogP contribution in [0, 0.1) is 5.82 Å². The Morgan fingerprint density at radius 2 is 1.95 bits per heavy atom. The number of halogens is 1. The first kappa shape index (κ1) is 14.8. The standard InChI is InChI=1S/C15H15FN2O3/c16-12-4-1-3-11(7-12)8-14(19)18-10-15(20)17-9-13-5-2-6-21-13/h1-7H,8-10H2,(H,17,20)(H,18,19). The minimum absolute atomic E-state index is 0.0310. The van der Waals surface area contributed by atoms with Gasteiger partial charge in [-0.1, -0.05) is 12.1 Å². The largest absolute Gasteiger partial charge is 0.467 e. The molecule has 0 atom stereocenters. The average Bonchev–Trinajstić information content (AvgIpc) is 2.96. The summed E-state index contributed by atoms with van der Waals surface area (Å²) in [4.78, 5) is 23.2. The summed E-state index contributed by atoms with van der Waals surface area (Å²) in [6.45, 7) is 0.139. The Morgan fingerprint density at radius 3 is 2.67 bits per heavy atom. The van der Waals surface area contributed by atoms with E-state index in [1.807, 2.05) is 0 Å². The molecular formula is C15H15FN2O3. The van der Waals surface area contributed by atoms with Crippen molar-refractivity contribution in [2.45, 2.75) is 13.0 Å². The van der Waals surface area contributed by atoms with E-state index in [9.17, 15) is 14.0 Å². The molecule has 6 heteroatoms. The van der Waals surface area contributed by atoms with E-state index in [0.29, 0.717) is 11.3 Å². The maximum Gasteiger partial charge on any atom is 0.239 e. The van der Waals surface area contributed by atoms with Crippen molar-refractivity contribution in [2.24, 2.45) is 0 Å². The van der Waals surface area contributed by atoms with Crippen LogP contribution >= 0.6 is 0 Å². The molecule has 110 valence electrons. The van der Waals surface area contributed by atoms with Crippen molar-refractivity contribution in [3.05, 3.63) is 59.8 Å². The number of benzene rings is 1. The predicted molar refractivity (Wildman–Crippen MR) is 73.7 cm³/mol. The minimum atomic E-state index is -0.392. The highest BCUT2D eigenvalue weighted by molar-refractivity contribution is 5.85. The number of nitrogens with one attached hydrogen (secondary N) is 2. The van der Waals surface area contributed by atoms with Crippen molar-refractivity contribution in [1.82, 2.24) is 10.6 Å².